The van der Waals surface area contributed by atoms with Gasteiger partial charge >= 0.3 is 0 Å². The number of amides is 1. The maximum atomic E-state index is 13.7. The Bertz CT molecular complexity index is 1350. The monoisotopic (exact) mass is 494 g/mol. The van der Waals surface area contributed by atoms with Crippen molar-refractivity contribution in [3.63, 3.8) is 0 Å². The van der Waals surface area contributed by atoms with Crippen LogP contribution in [0.25, 0.3) is 11.7 Å². The van der Waals surface area contributed by atoms with E-state index in [1.165, 1.54) is 16.7 Å². The van der Waals surface area contributed by atoms with E-state index >= 15 is 0 Å². The molecule has 176 valence electrons. The zero-order valence-corrected chi connectivity index (χ0v) is 21.0. The number of aryl methyl sites for hydroxylation is 1. The topological polar surface area (TPSA) is 71.1 Å². The molecule has 2 fully saturated rings. The number of piperidine rings is 1. The van der Waals surface area contributed by atoms with Gasteiger partial charge in [-0.05, 0) is 55.0 Å². The molecule has 0 radical (unpaired) electrons. The van der Waals surface area contributed by atoms with E-state index < -0.39 is 0 Å². The average molecular weight is 495 g/mol. The van der Waals surface area contributed by atoms with Gasteiger partial charge in [-0.15, -0.1) is 0 Å². The quantitative estimate of drug-likeness (QED) is 0.391. The van der Waals surface area contributed by atoms with Crippen molar-refractivity contribution in [2.24, 2.45) is 11.8 Å². The molecular weight excluding hydrogens is 468 g/mol. The van der Waals surface area contributed by atoms with Crippen LogP contribution in [0, 0.1) is 18.8 Å². The van der Waals surface area contributed by atoms with E-state index in [0.29, 0.717) is 43.9 Å². The molecule has 3 aromatic heterocycles. The minimum atomic E-state index is -0.230. The maximum absolute atomic E-state index is 13.7. The number of anilines is 1. The van der Waals surface area contributed by atoms with Crippen LogP contribution in [0.2, 0.25) is 0 Å². The van der Waals surface area contributed by atoms with Crippen molar-refractivity contribution in [3.05, 3.63) is 68.9 Å². The van der Waals surface area contributed by atoms with Crippen molar-refractivity contribution in [2.45, 2.75) is 33.7 Å². The predicted octanol–water partition coefficient (Wildman–Crippen LogP) is 4.48. The number of aromatic nitrogens is 2. The van der Waals surface area contributed by atoms with E-state index in [4.69, 9.17) is 21.6 Å². The number of rotatable bonds is 4. The van der Waals surface area contributed by atoms with Crippen molar-refractivity contribution in [1.82, 2.24) is 14.3 Å². The third-order valence-corrected chi connectivity index (χ3v) is 7.57. The molecule has 2 atom stereocenters. The van der Waals surface area contributed by atoms with E-state index in [-0.39, 0.29) is 18.0 Å². The summed E-state index contributed by atoms with van der Waals surface area (Å²) in [5, 5.41) is 0. The summed E-state index contributed by atoms with van der Waals surface area (Å²) in [5.41, 5.74) is 1.79. The Kier molecular flexibility index (Phi) is 6.07. The minimum Gasteiger partial charge on any atom is -0.467 e. The fourth-order valence-electron chi connectivity index (χ4n) is 4.78. The molecule has 0 aromatic carbocycles. The first-order valence-corrected chi connectivity index (χ1v) is 12.6. The van der Waals surface area contributed by atoms with Crippen LogP contribution < -0.4 is 10.5 Å². The second-order valence-corrected chi connectivity index (χ2v) is 11.0. The van der Waals surface area contributed by atoms with E-state index in [1.807, 2.05) is 19.1 Å². The third-order valence-electron chi connectivity index (χ3n) is 6.20. The summed E-state index contributed by atoms with van der Waals surface area (Å²) in [7, 11) is 0. The molecule has 5 rings (SSSR count). The van der Waals surface area contributed by atoms with Crippen LogP contribution in [0.4, 0.5) is 5.82 Å². The molecule has 3 aromatic rings. The van der Waals surface area contributed by atoms with Crippen LogP contribution >= 0.6 is 24.0 Å². The van der Waals surface area contributed by atoms with Gasteiger partial charge < -0.3 is 9.32 Å². The molecule has 34 heavy (non-hydrogen) atoms. The Morgan fingerprint density at radius 1 is 1.21 bits per heavy atom. The Labute approximate surface area is 207 Å². The maximum Gasteiger partial charge on any atom is 0.267 e. The number of carbonyl (C=O) groups is 1. The number of thiocarbonyl (C=S) groups is 1. The molecule has 7 nitrogen and oxygen atoms in total. The summed E-state index contributed by atoms with van der Waals surface area (Å²) < 4.78 is 7.39. The fraction of sp³-hybridized carbons (Fsp3) is 0.360. The van der Waals surface area contributed by atoms with Crippen LogP contribution in [-0.4, -0.2) is 37.6 Å². The van der Waals surface area contributed by atoms with Gasteiger partial charge in [-0.1, -0.05) is 43.9 Å². The number of nitrogens with zero attached hydrogens (tertiary/aromatic N) is 4. The summed E-state index contributed by atoms with van der Waals surface area (Å²) in [4.78, 5) is 35.9. The number of pyridine rings is 1. The van der Waals surface area contributed by atoms with Crippen LogP contribution in [0.1, 0.15) is 37.2 Å². The Morgan fingerprint density at radius 2 is 1.97 bits per heavy atom. The van der Waals surface area contributed by atoms with Crippen LogP contribution in [0.5, 0.6) is 0 Å². The van der Waals surface area contributed by atoms with Crippen molar-refractivity contribution in [1.29, 1.82) is 0 Å². The highest BCUT2D eigenvalue weighted by molar-refractivity contribution is 8.26. The molecule has 0 aliphatic carbocycles. The average Bonchev–Trinajstić information content (AvgIpc) is 3.39. The van der Waals surface area contributed by atoms with E-state index in [2.05, 4.69) is 18.7 Å². The molecule has 0 spiro atoms. The van der Waals surface area contributed by atoms with E-state index in [9.17, 15) is 9.59 Å². The summed E-state index contributed by atoms with van der Waals surface area (Å²) in [6, 6.07) is 7.40. The lowest BCUT2D eigenvalue weighted by molar-refractivity contribution is -0.122. The molecule has 0 bridgehead atoms. The van der Waals surface area contributed by atoms with Gasteiger partial charge in [0, 0.05) is 19.3 Å². The molecule has 0 N–H and O–H groups in total. The normalized spacial score (nSPS) is 22.4. The van der Waals surface area contributed by atoms with Crippen LogP contribution in [0.15, 0.2) is 50.8 Å². The molecule has 9 heteroatoms. The number of carbonyl (C=O) groups excluding carboxylic acids is 1. The summed E-state index contributed by atoms with van der Waals surface area (Å²) in [5.74, 6) is 2.02. The Morgan fingerprint density at radius 3 is 2.68 bits per heavy atom. The number of fused-ring (bicyclic) bond motifs is 1. The first-order chi connectivity index (χ1) is 16.3. The molecule has 5 heterocycles. The lowest BCUT2D eigenvalue weighted by Crippen LogP contribution is -2.40. The molecule has 2 aliphatic rings. The van der Waals surface area contributed by atoms with Gasteiger partial charge in [-0.2, -0.15) is 0 Å². The highest BCUT2D eigenvalue weighted by atomic mass is 32.2. The SMILES string of the molecule is Cc1ccc2nc(N3C[C@H](C)C[C@@H](C)C3)c(/C=C3/SC(=S)N(Cc4ccco4)C3=O)c(=O)n2c1. The summed E-state index contributed by atoms with van der Waals surface area (Å²) >= 11 is 6.68. The van der Waals surface area contributed by atoms with Gasteiger partial charge in [-0.3, -0.25) is 18.9 Å². The van der Waals surface area contributed by atoms with Crippen molar-refractivity contribution < 1.29 is 9.21 Å². The zero-order chi connectivity index (χ0) is 24.0. The standard InChI is InChI=1S/C25H26N4O3S2/c1-15-6-7-21-26-22(27-11-16(2)9-17(3)12-27)19(23(30)28(21)13-15)10-20-24(31)29(25(33)34-20)14-18-5-4-8-32-18/h4-8,10,13,16-17H,9,11-12,14H2,1-3H3/b20-10+/t16-,17-/m1/s1. The van der Waals surface area contributed by atoms with Gasteiger partial charge in [0.15, 0.2) is 0 Å². The molecule has 2 saturated heterocycles. The number of hydrogen-bond acceptors (Lipinski definition) is 7. The highest BCUT2D eigenvalue weighted by Gasteiger charge is 2.34. The number of hydrogen-bond donors (Lipinski definition) is 0. The summed E-state index contributed by atoms with van der Waals surface area (Å²) in [6.07, 6.45) is 6.17. The van der Waals surface area contributed by atoms with E-state index in [0.717, 1.165) is 25.1 Å². The first-order valence-electron chi connectivity index (χ1n) is 11.4. The molecule has 0 unspecified atom stereocenters. The van der Waals surface area contributed by atoms with Gasteiger partial charge in [-0.25, -0.2) is 4.98 Å². The fourth-order valence-corrected chi connectivity index (χ4v) is 6.01. The Balaban J connectivity index is 1.61. The van der Waals surface area contributed by atoms with Gasteiger partial charge in [0.2, 0.25) is 0 Å². The van der Waals surface area contributed by atoms with Crippen LogP contribution in [-0.2, 0) is 11.3 Å². The van der Waals surface area contributed by atoms with Crippen molar-refractivity contribution in [2.75, 3.05) is 18.0 Å². The molecule has 1 amide bonds. The molecule has 2 aliphatic heterocycles. The predicted molar refractivity (Wildman–Crippen MR) is 139 cm³/mol. The molecule has 0 saturated carbocycles. The second kappa shape index (κ2) is 9.03. The van der Waals surface area contributed by atoms with Crippen molar-refractivity contribution >= 4 is 51.7 Å². The van der Waals surface area contributed by atoms with Crippen molar-refractivity contribution in [3.8, 4) is 0 Å². The highest BCUT2D eigenvalue weighted by Crippen LogP contribution is 2.35. The smallest absolute Gasteiger partial charge is 0.267 e. The number of thioether (sulfide) groups is 1. The number of furan rings is 1. The lowest BCUT2D eigenvalue weighted by Gasteiger charge is -2.36. The van der Waals surface area contributed by atoms with Crippen LogP contribution in [0.3, 0.4) is 0 Å². The zero-order valence-electron chi connectivity index (χ0n) is 19.4. The summed E-state index contributed by atoms with van der Waals surface area (Å²) in [6.45, 7) is 8.28. The lowest BCUT2D eigenvalue weighted by atomic mass is 9.91. The third kappa shape index (κ3) is 4.30. The first kappa shape index (κ1) is 22.9. The Hall–Kier alpha value is -2.91. The second-order valence-electron chi connectivity index (χ2n) is 9.29. The largest absolute Gasteiger partial charge is 0.467 e. The molecular formula is C25H26N4O3S2. The van der Waals surface area contributed by atoms with Gasteiger partial charge in [0.1, 0.15) is 21.5 Å². The van der Waals surface area contributed by atoms with Gasteiger partial charge in [0.25, 0.3) is 11.5 Å². The minimum absolute atomic E-state index is 0.189. The van der Waals surface area contributed by atoms with Gasteiger partial charge in [0.05, 0.1) is 23.3 Å². The van der Waals surface area contributed by atoms with E-state index in [1.54, 1.807) is 35.1 Å².